The summed E-state index contributed by atoms with van der Waals surface area (Å²) in [5, 5.41) is 3.02. The zero-order valence-corrected chi connectivity index (χ0v) is 19.4. The number of rotatable bonds is 9. The van der Waals surface area contributed by atoms with E-state index in [2.05, 4.69) is 27.1 Å². The molecular weight excluding hydrogens is 416 g/mol. The van der Waals surface area contributed by atoms with Gasteiger partial charge in [0, 0.05) is 43.9 Å². The Bertz CT molecular complexity index is 1030. The van der Waals surface area contributed by atoms with Gasteiger partial charge in [0.2, 0.25) is 5.89 Å². The van der Waals surface area contributed by atoms with E-state index in [-0.39, 0.29) is 5.91 Å². The maximum atomic E-state index is 12.5. The van der Waals surface area contributed by atoms with Crippen LogP contribution in [0.1, 0.15) is 28.2 Å². The smallest absolute Gasteiger partial charge is 0.251 e. The molecule has 0 bridgehead atoms. The SMILES string of the molecule is Cc1oc(-c2ccc(C(=O)NCCCN3CCN(C)CC3)cc2)nc1COc1ccccc1. The minimum atomic E-state index is -0.0551. The first-order valence-corrected chi connectivity index (χ1v) is 11.5. The molecule has 4 rings (SSSR count). The number of carbonyl (C=O) groups excluding carboxylic acids is 1. The van der Waals surface area contributed by atoms with Crippen LogP contribution in [0, 0.1) is 6.92 Å². The highest BCUT2D eigenvalue weighted by Crippen LogP contribution is 2.23. The van der Waals surface area contributed by atoms with E-state index in [1.54, 1.807) is 0 Å². The van der Waals surface area contributed by atoms with Crippen molar-refractivity contribution < 1.29 is 13.9 Å². The molecule has 0 spiro atoms. The predicted molar refractivity (Wildman–Crippen MR) is 128 cm³/mol. The van der Waals surface area contributed by atoms with Gasteiger partial charge in [0.1, 0.15) is 23.8 Å². The first kappa shape index (κ1) is 23.0. The van der Waals surface area contributed by atoms with Gasteiger partial charge in [-0.15, -0.1) is 0 Å². The summed E-state index contributed by atoms with van der Waals surface area (Å²) in [4.78, 5) is 21.9. The predicted octanol–water partition coefficient (Wildman–Crippen LogP) is 3.60. The summed E-state index contributed by atoms with van der Waals surface area (Å²) in [5.74, 6) is 1.99. The number of benzene rings is 2. The molecule has 1 amide bonds. The molecule has 1 saturated heterocycles. The van der Waals surface area contributed by atoms with Gasteiger partial charge in [-0.05, 0) is 63.3 Å². The molecule has 0 atom stereocenters. The lowest BCUT2D eigenvalue weighted by atomic mass is 10.1. The Hall–Kier alpha value is -3.16. The highest BCUT2D eigenvalue weighted by atomic mass is 16.5. The molecule has 1 aliphatic rings. The third kappa shape index (κ3) is 6.43. The fourth-order valence-electron chi connectivity index (χ4n) is 3.80. The molecule has 1 aromatic heterocycles. The van der Waals surface area contributed by atoms with Crippen LogP contribution in [0.25, 0.3) is 11.5 Å². The van der Waals surface area contributed by atoms with E-state index in [0.29, 0.717) is 24.6 Å². The normalized spacial score (nSPS) is 14.8. The molecule has 0 unspecified atom stereocenters. The highest BCUT2D eigenvalue weighted by Gasteiger charge is 2.15. The van der Waals surface area contributed by atoms with E-state index >= 15 is 0 Å². The Morgan fingerprint density at radius 1 is 1.06 bits per heavy atom. The van der Waals surface area contributed by atoms with Crippen LogP contribution in [0.3, 0.4) is 0 Å². The highest BCUT2D eigenvalue weighted by molar-refractivity contribution is 5.94. The quantitative estimate of drug-likeness (QED) is 0.505. The van der Waals surface area contributed by atoms with E-state index in [9.17, 15) is 4.79 Å². The first-order chi connectivity index (χ1) is 16.1. The molecule has 2 aromatic carbocycles. The Morgan fingerprint density at radius 2 is 1.79 bits per heavy atom. The van der Waals surface area contributed by atoms with Crippen LogP contribution in [0.15, 0.2) is 59.0 Å². The summed E-state index contributed by atoms with van der Waals surface area (Å²) in [6.07, 6.45) is 0.955. The number of aromatic nitrogens is 1. The average molecular weight is 449 g/mol. The van der Waals surface area contributed by atoms with Crippen LogP contribution in [0.2, 0.25) is 0 Å². The van der Waals surface area contributed by atoms with E-state index in [4.69, 9.17) is 9.15 Å². The lowest BCUT2D eigenvalue weighted by Crippen LogP contribution is -2.45. The van der Waals surface area contributed by atoms with Crippen molar-refractivity contribution in [1.29, 1.82) is 0 Å². The largest absolute Gasteiger partial charge is 0.487 e. The number of piperazine rings is 1. The molecule has 0 saturated carbocycles. The topological polar surface area (TPSA) is 70.8 Å². The number of para-hydroxylation sites is 1. The van der Waals surface area contributed by atoms with Gasteiger partial charge in [-0.2, -0.15) is 0 Å². The van der Waals surface area contributed by atoms with Crippen molar-refractivity contribution in [3.63, 3.8) is 0 Å². The Balaban J connectivity index is 1.26. The molecule has 0 aliphatic carbocycles. The van der Waals surface area contributed by atoms with Gasteiger partial charge in [0.25, 0.3) is 5.91 Å². The number of nitrogens with zero attached hydrogens (tertiary/aromatic N) is 3. The van der Waals surface area contributed by atoms with E-state index in [0.717, 1.165) is 61.9 Å². The molecule has 1 N–H and O–H groups in total. The number of nitrogens with one attached hydrogen (secondary N) is 1. The number of ether oxygens (including phenoxy) is 1. The van der Waals surface area contributed by atoms with Gasteiger partial charge in [-0.25, -0.2) is 4.98 Å². The Labute approximate surface area is 195 Å². The number of carbonyl (C=O) groups is 1. The summed E-state index contributed by atoms with van der Waals surface area (Å²) in [6.45, 7) is 8.36. The third-order valence-corrected chi connectivity index (χ3v) is 5.94. The molecule has 1 aliphatic heterocycles. The van der Waals surface area contributed by atoms with Gasteiger partial charge in [-0.1, -0.05) is 18.2 Å². The number of hydrogen-bond acceptors (Lipinski definition) is 6. The van der Waals surface area contributed by atoms with Crippen LogP contribution in [-0.2, 0) is 6.61 Å². The van der Waals surface area contributed by atoms with Crippen molar-refractivity contribution in [1.82, 2.24) is 20.1 Å². The second-order valence-corrected chi connectivity index (χ2v) is 8.46. The maximum Gasteiger partial charge on any atom is 0.251 e. The summed E-state index contributed by atoms with van der Waals surface area (Å²) in [6, 6.07) is 17.0. The molecule has 1 fully saturated rings. The van der Waals surface area contributed by atoms with Crippen molar-refractivity contribution in [3.8, 4) is 17.2 Å². The van der Waals surface area contributed by atoms with Crippen molar-refractivity contribution in [2.75, 3.05) is 46.3 Å². The summed E-state index contributed by atoms with van der Waals surface area (Å²) in [7, 11) is 2.16. The third-order valence-electron chi connectivity index (χ3n) is 5.94. The lowest BCUT2D eigenvalue weighted by molar-refractivity contribution is 0.0949. The summed E-state index contributed by atoms with van der Waals surface area (Å²) in [5.41, 5.74) is 2.22. The van der Waals surface area contributed by atoms with Gasteiger partial charge in [-0.3, -0.25) is 4.79 Å². The molecule has 2 heterocycles. The van der Waals surface area contributed by atoms with E-state index < -0.39 is 0 Å². The van der Waals surface area contributed by atoms with Gasteiger partial charge >= 0.3 is 0 Å². The number of hydrogen-bond donors (Lipinski definition) is 1. The molecule has 0 radical (unpaired) electrons. The van der Waals surface area contributed by atoms with Crippen LogP contribution in [-0.4, -0.2) is 67.0 Å². The molecule has 33 heavy (non-hydrogen) atoms. The average Bonchev–Trinajstić information content (AvgIpc) is 3.22. The molecule has 7 heteroatoms. The minimum Gasteiger partial charge on any atom is -0.487 e. The Morgan fingerprint density at radius 3 is 2.52 bits per heavy atom. The lowest BCUT2D eigenvalue weighted by Gasteiger charge is -2.32. The van der Waals surface area contributed by atoms with Crippen LogP contribution in [0.5, 0.6) is 5.75 Å². The fraction of sp³-hybridized carbons (Fsp3) is 0.385. The summed E-state index contributed by atoms with van der Waals surface area (Å²) >= 11 is 0. The summed E-state index contributed by atoms with van der Waals surface area (Å²) < 4.78 is 11.6. The molecule has 174 valence electrons. The molecule has 3 aromatic rings. The van der Waals surface area contributed by atoms with Crippen molar-refractivity contribution in [2.45, 2.75) is 20.0 Å². The van der Waals surface area contributed by atoms with Crippen LogP contribution in [0.4, 0.5) is 0 Å². The van der Waals surface area contributed by atoms with E-state index in [1.165, 1.54) is 0 Å². The van der Waals surface area contributed by atoms with Crippen molar-refractivity contribution in [3.05, 3.63) is 71.6 Å². The maximum absolute atomic E-state index is 12.5. The number of likely N-dealkylation sites (N-methyl/N-ethyl adjacent to an activating group) is 1. The van der Waals surface area contributed by atoms with E-state index in [1.807, 2.05) is 61.5 Å². The molecule has 7 nitrogen and oxygen atoms in total. The second kappa shape index (κ2) is 11.1. The number of amides is 1. The second-order valence-electron chi connectivity index (χ2n) is 8.46. The minimum absolute atomic E-state index is 0.0551. The van der Waals surface area contributed by atoms with Crippen LogP contribution >= 0.6 is 0 Å². The van der Waals surface area contributed by atoms with Crippen LogP contribution < -0.4 is 10.1 Å². The fourth-order valence-corrected chi connectivity index (χ4v) is 3.80. The Kier molecular flexibility index (Phi) is 7.75. The first-order valence-electron chi connectivity index (χ1n) is 11.5. The monoisotopic (exact) mass is 448 g/mol. The van der Waals surface area contributed by atoms with Crippen molar-refractivity contribution in [2.24, 2.45) is 0 Å². The molecular formula is C26H32N4O3. The zero-order valence-electron chi connectivity index (χ0n) is 19.4. The van der Waals surface area contributed by atoms with Gasteiger partial charge in [0.05, 0.1) is 0 Å². The van der Waals surface area contributed by atoms with Gasteiger partial charge < -0.3 is 24.3 Å². The zero-order chi connectivity index (χ0) is 23.0. The van der Waals surface area contributed by atoms with Crippen molar-refractivity contribution >= 4 is 5.91 Å². The number of aryl methyl sites for hydroxylation is 1. The van der Waals surface area contributed by atoms with Gasteiger partial charge in [0.15, 0.2) is 0 Å². The number of oxazole rings is 1. The standard InChI is InChI=1S/C26H32N4O3/c1-20-24(19-32-23-7-4-3-5-8-23)28-26(33-20)22-11-9-21(10-12-22)25(31)27-13-6-14-30-17-15-29(2)16-18-30/h3-5,7-12H,6,13-19H2,1-2H3,(H,27,31).